The van der Waals surface area contributed by atoms with Crippen LogP contribution >= 0.6 is 0 Å². The Bertz CT molecular complexity index is 798. The van der Waals surface area contributed by atoms with E-state index in [2.05, 4.69) is 15.5 Å². The number of nitrogens with one attached hydrogen (secondary N) is 1. The monoisotopic (exact) mass is 271 g/mol. The van der Waals surface area contributed by atoms with Crippen LogP contribution in [0, 0.1) is 12.7 Å². The van der Waals surface area contributed by atoms with E-state index in [9.17, 15) is 9.18 Å². The summed E-state index contributed by atoms with van der Waals surface area (Å²) in [5.41, 5.74) is 1.05. The third kappa shape index (κ3) is 2.11. The van der Waals surface area contributed by atoms with Crippen LogP contribution in [0.3, 0.4) is 0 Å². The Hall–Kier alpha value is -2.76. The summed E-state index contributed by atoms with van der Waals surface area (Å²) in [6.45, 7) is 1.82. The molecule has 0 aliphatic rings. The van der Waals surface area contributed by atoms with Crippen molar-refractivity contribution in [2.45, 2.75) is 6.92 Å². The van der Waals surface area contributed by atoms with Gasteiger partial charge in [-0.05, 0) is 31.2 Å². The molecule has 20 heavy (non-hydrogen) atoms. The summed E-state index contributed by atoms with van der Waals surface area (Å²) in [7, 11) is 0. The first-order chi connectivity index (χ1) is 9.65. The van der Waals surface area contributed by atoms with Crippen molar-refractivity contribution in [3.05, 3.63) is 53.5 Å². The zero-order valence-electron chi connectivity index (χ0n) is 10.6. The second-order valence-corrected chi connectivity index (χ2v) is 4.27. The van der Waals surface area contributed by atoms with Crippen molar-refractivity contribution in [2.75, 3.05) is 5.32 Å². The fourth-order valence-electron chi connectivity index (χ4n) is 1.83. The maximum atomic E-state index is 13.5. The molecule has 0 aliphatic heterocycles. The number of aryl methyl sites for hydroxylation is 1. The first kappa shape index (κ1) is 12.3. The number of aromatic nitrogens is 2. The minimum Gasteiger partial charge on any atom is -0.334 e. The van der Waals surface area contributed by atoms with Crippen LogP contribution in [-0.2, 0) is 0 Å². The van der Waals surface area contributed by atoms with Crippen LogP contribution in [0.2, 0.25) is 0 Å². The van der Waals surface area contributed by atoms with Gasteiger partial charge in [-0.15, -0.1) is 0 Å². The SMILES string of the molecule is Cc1ccc2c(NC(=O)c3ccccc3F)noc2n1. The number of amides is 1. The highest BCUT2D eigenvalue weighted by atomic mass is 19.1. The van der Waals surface area contributed by atoms with E-state index in [4.69, 9.17) is 4.52 Å². The average molecular weight is 271 g/mol. The van der Waals surface area contributed by atoms with E-state index >= 15 is 0 Å². The third-order valence-corrected chi connectivity index (χ3v) is 2.83. The summed E-state index contributed by atoms with van der Waals surface area (Å²) in [5.74, 6) is -0.952. The quantitative estimate of drug-likeness (QED) is 0.778. The Labute approximate surface area is 113 Å². The van der Waals surface area contributed by atoms with Crippen molar-refractivity contribution < 1.29 is 13.7 Å². The molecule has 1 aromatic carbocycles. The normalized spacial score (nSPS) is 10.7. The molecule has 0 atom stereocenters. The second-order valence-electron chi connectivity index (χ2n) is 4.27. The minimum atomic E-state index is -0.591. The average Bonchev–Trinajstić information content (AvgIpc) is 2.81. The minimum absolute atomic E-state index is 0.0521. The number of carbonyl (C=O) groups excluding carboxylic acids is 1. The molecule has 3 aromatic rings. The summed E-state index contributed by atoms with van der Waals surface area (Å²) in [4.78, 5) is 16.1. The Morgan fingerprint density at radius 3 is 2.85 bits per heavy atom. The summed E-state index contributed by atoms with van der Waals surface area (Å²) >= 11 is 0. The lowest BCUT2D eigenvalue weighted by Crippen LogP contribution is -2.14. The van der Waals surface area contributed by atoms with Crippen LogP contribution in [0.5, 0.6) is 0 Å². The number of nitrogens with zero attached hydrogens (tertiary/aromatic N) is 2. The maximum Gasteiger partial charge on any atom is 0.260 e. The number of fused-ring (bicyclic) bond motifs is 1. The third-order valence-electron chi connectivity index (χ3n) is 2.83. The molecule has 0 saturated carbocycles. The molecule has 0 unspecified atom stereocenters. The molecule has 6 heteroatoms. The lowest BCUT2D eigenvalue weighted by Gasteiger charge is -2.02. The number of hydrogen-bond acceptors (Lipinski definition) is 4. The topological polar surface area (TPSA) is 68.0 Å². The van der Waals surface area contributed by atoms with E-state index < -0.39 is 11.7 Å². The molecule has 2 heterocycles. The number of halogens is 1. The lowest BCUT2D eigenvalue weighted by atomic mass is 10.2. The lowest BCUT2D eigenvalue weighted by molar-refractivity contribution is 0.102. The number of benzene rings is 1. The van der Waals surface area contributed by atoms with E-state index in [1.54, 1.807) is 18.2 Å². The molecule has 3 rings (SSSR count). The van der Waals surface area contributed by atoms with E-state index in [1.807, 2.05) is 6.92 Å². The Morgan fingerprint density at radius 2 is 2.05 bits per heavy atom. The number of rotatable bonds is 2. The van der Waals surface area contributed by atoms with Crippen molar-refractivity contribution in [1.29, 1.82) is 0 Å². The van der Waals surface area contributed by atoms with Crippen LogP contribution in [0.4, 0.5) is 10.2 Å². The van der Waals surface area contributed by atoms with Gasteiger partial charge in [-0.3, -0.25) is 4.79 Å². The predicted octanol–water partition coefficient (Wildman–Crippen LogP) is 2.92. The highest BCUT2D eigenvalue weighted by Crippen LogP contribution is 2.22. The van der Waals surface area contributed by atoms with E-state index in [0.29, 0.717) is 11.1 Å². The van der Waals surface area contributed by atoms with Crippen LogP contribution < -0.4 is 5.32 Å². The summed E-state index contributed by atoms with van der Waals surface area (Å²) < 4.78 is 18.5. The Kier molecular flexibility index (Phi) is 2.90. The molecular formula is C14H10FN3O2. The van der Waals surface area contributed by atoms with Gasteiger partial charge in [0.1, 0.15) is 5.82 Å². The van der Waals surface area contributed by atoms with Crippen LogP contribution in [0.1, 0.15) is 16.1 Å². The molecule has 0 aliphatic carbocycles. The molecule has 0 spiro atoms. The number of hydrogen-bond donors (Lipinski definition) is 1. The standard InChI is InChI=1S/C14H10FN3O2/c1-8-6-7-10-12(18-20-14(10)16-8)17-13(19)9-4-2-3-5-11(9)15/h2-7H,1H3,(H,17,18,19). The summed E-state index contributed by atoms with van der Waals surface area (Å²) in [5, 5.41) is 6.83. The van der Waals surface area contributed by atoms with Gasteiger partial charge in [0.15, 0.2) is 5.82 Å². The van der Waals surface area contributed by atoms with Crippen molar-refractivity contribution in [3.8, 4) is 0 Å². The smallest absolute Gasteiger partial charge is 0.260 e. The van der Waals surface area contributed by atoms with Gasteiger partial charge in [0.25, 0.3) is 11.6 Å². The number of anilines is 1. The molecule has 0 fully saturated rings. The predicted molar refractivity (Wildman–Crippen MR) is 70.9 cm³/mol. The van der Waals surface area contributed by atoms with E-state index in [1.165, 1.54) is 18.2 Å². The highest BCUT2D eigenvalue weighted by molar-refractivity contribution is 6.07. The zero-order chi connectivity index (χ0) is 14.1. The number of carbonyl (C=O) groups is 1. The Morgan fingerprint density at radius 1 is 1.25 bits per heavy atom. The molecule has 1 N–H and O–H groups in total. The van der Waals surface area contributed by atoms with Gasteiger partial charge in [0, 0.05) is 5.69 Å². The van der Waals surface area contributed by atoms with E-state index in [0.717, 1.165) is 5.69 Å². The van der Waals surface area contributed by atoms with Crippen LogP contribution in [0.25, 0.3) is 11.1 Å². The highest BCUT2D eigenvalue weighted by Gasteiger charge is 2.15. The fourth-order valence-corrected chi connectivity index (χ4v) is 1.83. The van der Waals surface area contributed by atoms with E-state index in [-0.39, 0.29) is 11.4 Å². The first-order valence-electron chi connectivity index (χ1n) is 5.94. The molecule has 2 aromatic heterocycles. The van der Waals surface area contributed by atoms with Crippen LogP contribution in [0.15, 0.2) is 40.9 Å². The molecule has 0 radical (unpaired) electrons. The zero-order valence-corrected chi connectivity index (χ0v) is 10.6. The van der Waals surface area contributed by atoms with Gasteiger partial charge < -0.3 is 9.84 Å². The molecule has 0 bridgehead atoms. The van der Waals surface area contributed by atoms with Gasteiger partial charge in [0.05, 0.1) is 10.9 Å². The molecule has 0 saturated heterocycles. The molecule has 5 nitrogen and oxygen atoms in total. The fraction of sp³-hybridized carbons (Fsp3) is 0.0714. The molecule has 1 amide bonds. The summed E-state index contributed by atoms with van der Waals surface area (Å²) in [6.07, 6.45) is 0. The van der Waals surface area contributed by atoms with Gasteiger partial charge in [-0.25, -0.2) is 9.37 Å². The largest absolute Gasteiger partial charge is 0.334 e. The van der Waals surface area contributed by atoms with Crippen molar-refractivity contribution in [1.82, 2.24) is 10.1 Å². The van der Waals surface area contributed by atoms with Gasteiger partial charge in [0.2, 0.25) is 0 Å². The molecule has 100 valence electrons. The van der Waals surface area contributed by atoms with Crippen LogP contribution in [-0.4, -0.2) is 16.0 Å². The molecular weight excluding hydrogens is 261 g/mol. The van der Waals surface area contributed by atoms with Gasteiger partial charge in [-0.2, -0.15) is 0 Å². The van der Waals surface area contributed by atoms with Crippen molar-refractivity contribution in [3.63, 3.8) is 0 Å². The van der Waals surface area contributed by atoms with Crippen molar-refractivity contribution in [2.24, 2.45) is 0 Å². The maximum absolute atomic E-state index is 13.5. The summed E-state index contributed by atoms with van der Waals surface area (Å²) in [6, 6.07) is 9.24. The number of pyridine rings is 1. The van der Waals surface area contributed by atoms with Crippen molar-refractivity contribution >= 4 is 22.8 Å². The van der Waals surface area contributed by atoms with Gasteiger partial charge in [-0.1, -0.05) is 17.3 Å². The first-order valence-corrected chi connectivity index (χ1v) is 5.94. The second kappa shape index (κ2) is 4.73. The Balaban J connectivity index is 1.94. The van der Waals surface area contributed by atoms with Gasteiger partial charge >= 0.3 is 0 Å².